The summed E-state index contributed by atoms with van der Waals surface area (Å²) < 4.78 is 1.89. The smallest absolute Gasteiger partial charge is 0.119 e. The van der Waals surface area contributed by atoms with E-state index in [1.807, 2.05) is 37.0 Å². The summed E-state index contributed by atoms with van der Waals surface area (Å²) in [5.41, 5.74) is 3.98. The Kier molecular flexibility index (Phi) is 3.15. The van der Waals surface area contributed by atoms with E-state index in [2.05, 4.69) is 12.0 Å². The van der Waals surface area contributed by atoms with Crippen LogP contribution in [0.25, 0.3) is 11.3 Å². The molecule has 0 bridgehead atoms. The van der Waals surface area contributed by atoms with Crippen LogP contribution in [-0.2, 0) is 7.05 Å². The van der Waals surface area contributed by atoms with E-state index in [1.165, 1.54) is 0 Å². The van der Waals surface area contributed by atoms with Crippen molar-refractivity contribution in [2.45, 2.75) is 18.9 Å². The van der Waals surface area contributed by atoms with Gasteiger partial charge in [-0.05, 0) is 26.2 Å². The van der Waals surface area contributed by atoms with E-state index in [4.69, 9.17) is 0 Å². The second kappa shape index (κ2) is 4.45. The molecule has 90 valence electrons. The lowest BCUT2D eigenvalue weighted by molar-refractivity contribution is 0.471. The quantitative estimate of drug-likeness (QED) is 0.830. The van der Waals surface area contributed by atoms with Crippen molar-refractivity contribution in [3.8, 4) is 17.0 Å². The number of aromatic hydroxyl groups is 1. The molecule has 0 saturated heterocycles. The number of phenolic OH excluding ortho intramolecular Hbond substituents is 1. The van der Waals surface area contributed by atoms with Crippen LogP contribution in [0.4, 0.5) is 0 Å². The molecular weight excluding hydrogens is 232 g/mol. The van der Waals surface area contributed by atoms with E-state index in [0.717, 1.165) is 27.4 Å². The summed E-state index contributed by atoms with van der Waals surface area (Å²) in [6.07, 6.45) is 2.04. The summed E-state index contributed by atoms with van der Waals surface area (Å²) in [6, 6.07) is 5.55. The largest absolute Gasteiger partial charge is 0.508 e. The Morgan fingerprint density at radius 3 is 2.53 bits per heavy atom. The number of phenols is 1. The van der Waals surface area contributed by atoms with Gasteiger partial charge in [0.05, 0.1) is 10.7 Å². The maximum absolute atomic E-state index is 9.75. The highest BCUT2D eigenvalue weighted by molar-refractivity contribution is 7.98. The molecule has 0 unspecified atom stereocenters. The maximum atomic E-state index is 9.75. The Labute approximate surface area is 105 Å². The minimum Gasteiger partial charge on any atom is -0.508 e. The molecule has 3 nitrogen and oxygen atoms in total. The van der Waals surface area contributed by atoms with Gasteiger partial charge in [0.25, 0.3) is 0 Å². The van der Waals surface area contributed by atoms with Gasteiger partial charge in [0.1, 0.15) is 5.75 Å². The van der Waals surface area contributed by atoms with Gasteiger partial charge < -0.3 is 5.11 Å². The first kappa shape index (κ1) is 12.0. The van der Waals surface area contributed by atoms with E-state index >= 15 is 0 Å². The van der Waals surface area contributed by atoms with E-state index in [-0.39, 0.29) is 0 Å². The van der Waals surface area contributed by atoms with Gasteiger partial charge in [0.2, 0.25) is 0 Å². The van der Waals surface area contributed by atoms with Crippen LogP contribution in [0.3, 0.4) is 0 Å². The molecule has 0 spiro atoms. The molecule has 1 heterocycles. The fourth-order valence-electron chi connectivity index (χ4n) is 2.04. The topological polar surface area (TPSA) is 38.1 Å². The monoisotopic (exact) mass is 248 g/mol. The molecule has 0 atom stereocenters. The minimum absolute atomic E-state index is 0.318. The van der Waals surface area contributed by atoms with Crippen molar-refractivity contribution < 1.29 is 5.11 Å². The summed E-state index contributed by atoms with van der Waals surface area (Å²) in [7, 11) is 1.94. The average Bonchev–Trinajstić information content (AvgIpc) is 2.58. The molecular formula is C13H16N2OS. The van der Waals surface area contributed by atoms with Gasteiger partial charge in [-0.15, -0.1) is 11.8 Å². The first-order valence-electron chi connectivity index (χ1n) is 5.42. The number of hydrogen-bond donors (Lipinski definition) is 1. The number of aryl methyl sites for hydroxylation is 1. The van der Waals surface area contributed by atoms with Gasteiger partial charge in [-0.2, -0.15) is 5.10 Å². The van der Waals surface area contributed by atoms with E-state index in [9.17, 15) is 5.11 Å². The lowest BCUT2D eigenvalue weighted by Gasteiger charge is -2.05. The lowest BCUT2D eigenvalue weighted by Crippen LogP contribution is -1.92. The Morgan fingerprint density at radius 1 is 1.24 bits per heavy atom. The van der Waals surface area contributed by atoms with Crippen LogP contribution in [0.1, 0.15) is 11.1 Å². The second-order valence-corrected chi connectivity index (χ2v) is 4.85. The van der Waals surface area contributed by atoms with Crippen LogP contribution >= 0.6 is 11.8 Å². The Balaban J connectivity index is 2.65. The fraction of sp³-hybridized carbons (Fsp3) is 0.308. The van der Waals surface area contributed by atoms with Crippen LogP contribution in [0.5, 0.6) is 5.75 Å². The standard InChI is InChI=1S/C13H16N2OS/c1-8-10(6-5-7-11(8)16)12-9(2)13(17-4)15(3)14-12/h5-7,16H,1-4H3. The Hall–Kier alpha value is -1.42. The van der Waals surface area contributed by atoms with Crippen LogP contribution in [-0.4, -0.2) is 21.1 Å². The maximum Gasteiger partial charge on any atom is 0.119 e. The third kappa shape index (κ3) is 1.93. The molecule has 1 aromatic carbocycles. The molecule has 0 aliphatic rings. The molecule has 4 heteroatoms. The summed E-state index contributed by atoms with van der Waals surface area (Å²) in [4.78, 5) is 0. The van der Waals surface area contributed by atoms with Crippen LogP contribution < -0.4 is 0 Å². The van der Waals surface area contributed by atoms with Gasteiger partial charge in [0.15, 0.2) is 0 Å². The van der Waals surface area contributed by atoms with Gasteiger partial charge in [-0.25, -0.2) is 0 Å². The predicted octanol–water partition coefficient (Wildman–Crippen LogP) is 3.13. The molecule has 0 fully saturated rings. The fourth-order valence-corrected chi connectivity index (χ4v) is 2.74. The first-order valence-corrected chi connectivity index (χ1v) is 6.65. The van der Waals surface area contributed by atoms with Gasteiger partial charge in [-0.3, -0.25) is 4.68 Å². The zero-order chi connectivity index (χ0) is 12.6. The minimum atomic E-state index is 0.318. The van der Waals surface area contributed by atoms with Gasteiger partial charge >= 0.3 is 0 Å². The number of rotatable bonds is 2. The van der Waals surface area contributed by atoms with Crippen molar-refractivity contribution >= 4 is 11.8 Å². The van der Waals surface area contributed by atoms with Crippen molar-refractivity contribution in [3.63, 3.8) is 0 Å². The lowest BCUT2D eigenvalue weighted by atomic mass is 10.0. The van der Waals surface area contributed by atoms with Crippen molar-refractivity contribution in [1.29, 1.82) is 0 Å². The summed E-state index contributed by atoms with van der Waals surface area (Å²) in [5.74, 6) is 0.318. The van der Waals surface area contributed by atoms with Crippen LogP contribution in [0.2, 0.25) is 0 Å². The number of hydrogen-bond acceptors (Lipinski definition) is 3. The highest BCUT2D eigenvalue weighted by Crippen LogP contribution is 2.33. The molecule has 2 aromatic rings. The van der Waals surface area contributed by atoms with E-state index in [1.54, 1.807) is 17.8 Å². The number of nitrogens with zero attached hydrogens (tertiary/aromatic N) is 2. The summed E-state index contributed by atoms with van der Waals surface area (Å²) in [5, 5.41) is 15.4. The summed E-state index contributed by atoms with van der Waals surface area (Å²) in [6.45, 7) is 3.98. The van der Waals surface area contributed by atoms with Crippen molar-refractivity contribution in [2.24, 2.45) is 7.05 Å². The molecule has 1 aromatic heterocycles. The molecule has 0 saturated carbocycles. The normalized spacial score (nSPS) is 10.8. The molecule has 17 heavy (non-hydrogen) atoms. The van der Waals surface area contributed by atoms with Crippen molar-refractivity contribution in [1.82, 2.24) is 9.78 Å². The van der Waals surface area contributed by atoms with E-state index in [0.29, 0.717) is 5.75 Å². The Morgan fingerprint density at radius 2 is 1.94 bits per heavy atom. The van der Waals surface area contributed by atoms with Crippen LogP contribution in [0, 0.1) is 13.8 Å². The molecule has 0 aliphatic heterocycles. The predicted molar refractivity (Wildman–Crippen MR) is 71.6 cm³/mol. The SMILES string of the molecule is CSc1c(C)c(-c2cccc(O)c2C)nn1C. The summed E-state index contributed by atoms with van der Waals surface area (Å²) >= 11 is 1.69. The third-order valence-corrected chi connectivity index (χ3v) is 3.93. The zero-order valence-corrected chi connectivity index (χ0v) is 11.3. The van der Waals surface area contributed by atoms with Crippen molar-refractivity contribution in [2.75, 3.05) is 6.26 Å². The van der Waals surface area contributed by atoms with Gasteiger partial charge in [0, 0.05) is 23.7 Å². The molecule has 0 amide bonds. The molecule has 2 rings (SSSR count). The number of benzene rings is 1. The average molecular weight is 248 g/mol. The van der Waals surface area contributed by atoms with E-state index < -0.39 is 0 Å². The molecule has 0 aliphatic carbocycles. The molecule has 0 radical (unpaired) electrons. The molecule has 1 N–H and O–H groups in total. The number of thioether (sulfide) groups is 1. The highest BCUT2D eigenvalue weighted by atomic mass is 32.2. The second-order valence-electron chi connectivity index (χ2n) is 4.06. The number of aromatic nitrogens is 2. The van der Waals surface area contributed by atoms with Crippen molar-refractivity contribution in [3.05, 3.63) is 29.3 Å². The van der Waals surface area contributed by atoms with Crippen LogP contribution in [0.15, 0.2) is 23.2 Å². The third-order valence-electron chi connectivity index (χ3n) is 2.97. The highest BCUT2D eigenvalue weighted by Gasteiger charge is 2.15. The Bertz CT molecular complexity index is 561. The first-order chi connectivity index (χ1) is 8.06. The van der Waals surface area contributed by atoms with Gasteiger partial charge in [-0.1, -0.05) is 12.1 Å². The zero-order valence-electron chi connectivity index (χ0n) is 10.5.